The Labute approximate surface area is 211 Å². The zero-order valence-electron chi connectivity index (χ0n) is 22.8. The molecular formula is C29H41O5P. The summed E-state index contributed by atoms with van der Waals surface area (Å²) in [5.74, 6) is 0.476. The quantitative estimate of drug-likeness (QED) is 0.294. The molecule has 2 unspecified atom stereocenters. The summed E-state index contributed by atoms with van der Waals surface area (Å²) in [5, 5.41) is 0. The first-order valence-corrected chi connectivity index (χ1v) is 14.3. The Morgan fingerprint density at radius 3 is 1.77 bits per heavy atom. The van der Waals surface area contributed by atoms with Crippen LogP contribution >= 0.6 is 7.14 Å². The van der Waals surface area contributed by atoms with Crippen molar-refractivity contribution in [1.82, 2.24) is 0 Å². The second-order valence-corrected chi connectivity index (χ2v) is 13.3. The van der Waals surface area contributed by atoms with Crippen LogP contribution in [0.3, 0.4) is 0 Å². The third kappa shape index (κ3) is 6.85. The first kappa shape index (κ1) is 28.8. The summed E-state index contributed by atoms with van der Waals surface area (Å²) in [5.41, 5.74) is 1.65. The van der Waals surface area contributed by atoms with Crippen LogP contribution in [0.15, 0.2) is 30.3 Å². The number of carbonyl (C=O) groups is 2. The number of benzene rings is 2. The molecule has 0 radical (unpaired) electrons. The van der Waals surface area contributed by atoms with Gasteiger partial charge in [-0.15, -0.1) is 0 Å². The topological polar surface area (TPSA) is 69.7 Å². The minimum Gasteiger partial charge on any atom is -0.493 e. The van der Waals surface area contributed by atoms with Crippen molar-refractivity contribution >= 4 is 18.2 Å². The zero-order chi connectivity index (χ0) is 26.6. The normalized spacial score (nSPS) is 14.2. The predicted molar refractivity (Wildman–Crippen MR) is 144 cm³/mol. The van der Waals surface area contributed by atoms with Crippen molar-refractivity contribution in [3.63, 3.8) is 0 Å². The molecule has 2 atom stereocenters. The molecule has 0 spiro atoms. The molecule has 0 saturated carbocycles. The van der Waals surface area contributed by atoms with Gasteiger partial charge in [-0.2, -0.15) is 0 Å². The third-order valence-electron chi connectivity index (χ3n) is 5.88. The smallest absolute Gasteiger partial charge is 0.236 e. The molecule has 0 heterocycles. The molecular weight excluding hydrogens is 459 g/mol. The highest BCUT2D eigenvalue weighted by Crippen LogP contribution is 2.57. The van der Waals surface area contributed by atoms with Gasteiger partial charge in [0.05, 0.1) is 13.2 Å². The van der Waals surface area contributed by atoms with Gasteiger partial charge in [0.1, 0.15) is 17.1 Å². The van der Waals surface area contributed by atoms with E-state index >= 15 is 0 Å². The molecule has 0 aliphatic heterocycles. The average Bonchev–Trinajstić information content (AvgIpc) is 2.71. The number of hydrogen-bond donors (Lipinski definition) is 0. The van der Waals surface area contributed by atoms with E-state index in [-0.39, 0.29) is 34.6 Å². The zero-order valence-corrected chi connectivity index (χ0v) is 23.7. The van der Waals surface area contributed by atoms with Gasteiger partial charge in [0, 0.05) is 11.7 Å². The van der Waals surface area contributed by atoms with Crippen LogP contribution in [-0.4, -0.2) is 30.4 Å². The monoisotopic (exact) mass is 500 g/mol. The van der Waals surface area contributed by atoms with E-state index in [4.69, 9.17) is 9.47 Å². The number of hydrogen-bond acceptors (Lipinski definition) is 5. The van der Waals surface area contributed by atoms with E-state index in [2.05, 4.69) is 20.8 Å². The fraction of sp³-hybridized carbons (Fsp3) is 0.517. The highest BCUT2D eigenvalue weighted by Gasteiger charge is 2.45. The Kier molecular flexibility index (Phi) is 9.53. The Morgan fingerprint density at radius 2 is 1.34 bits per heavy atom. The maximum absolute atomic E-state index is 14.8. The van der Waals surface area contributed by atoms with E-state index in [9.17, 15) is 14.2 Å². The van der Waals surface area contributed by atoms with Crippen molar-refractivity contribution in [2.75, 3.05) is 19.4 Å². The lowest BCUT2D eigenvalue weighted by atomic mass is 9.86. The van der Waals surface area contributed by atoms with Gasteiger partial charge in [0.2, 0.25) is 18.2 Å². The number of ether oxygens (including phenoxy) is 2. The molecule has 0 N–H and O–H groups in total. The van der Waals surface area contributed by atoms with Crippen molar-refractivity contribution in [3.8, 4) is 11.5 Å². The second-order valence-electron chi connectivity index (χ2n) is 10.7. The summed E-state index contributed by atoms with van der Waals surface area (Å²) in [7, 11) is -4.10. The highest BCUT2D eigenvalue weighted by atomic mass is 31.2. The maximum Gasteiger partial charge on any atom is 0.236 e. The third-order valence-corrected chi connectivity index (χ3v) is 8.78. The molecule has 0 aliphatic rings. The van der Waals surface area contributed by atoms with Crippen molar-refractivity contribution < 1.29 is 23.6 Å². The fourth-order valence-corrected chi connectivity index (χ4v) is 7.78. The van der Waals surface area contributed by atoms with Gasteiger partial charge >= 0.3 is 0 Å². The summed E-state index contributed by atoms with van der Waals surface area (Å²) in [4.78, 5) is 28.3. The van der Waals surface area contributed by atoms with Crippen molar-refractivity contribution in [3.05, 3.63) is 58.1 Å². The van der Waals surface area contributed by atoms with Gasteiger partial charge in [-0.25, -0.2) is 0 Å². The molecule has 35 heavy (non-hydrogen) atoms. The van der Waals surface area contributed by atoms with Crippen molar-refractivity contribution in [2.45, 2.75) is 68.7 Å². The molecule has 0 saturated heterocycles. The van der Waals surface area contributed by atoms with Crippen molar-refractivity contribution in [2.24, 2.45) is 11.3 Å². The van der Waals surface area contributed by atoms with Gasteiger partial charge < -0.3 is 14.0 Å². The average molecular weight is 501 g/mol. The SMILES string of the molecule is CCOc1cccc(OCC)c1C(=O)P(=O)(CC(C)CC(C)(C)C)C(=O)c1c(C)cc(C)cc1C. The van der Waals surface area contributed by atoms with Crippen LogP contribution in [0.2, 0.25) is 0 Å². The Hall–Kier alpha value is -2.39. The molecule has 0 fully saturated rings. The Morgan fingerprint density at radius 1 is 0.886 bits per heavy atom. The molecule has 2 aromatic carbocycles. The lowest BCUT2D eigenvalue weighted by Crippen LogP contribution is -2.22. The molecule has 0 aromatic heterocycles. The largest absolute Gasteiger partial charge is 0.493 e. The fourth-order valence-electron chi connectivity index (χ4n) is 4.96. The van der Waals surface area contributed by atoms with Crippen molar-refractivity contribution in [1.29, 1.82) is 0 Å². The van der Waals surface area contributed by atoms with E-state index in [0.717, 1.165) is 23.1 Å². The number of aryl methyl sites for hydroxylation is 3. The summed E-state index contributed by atoms with van der Waals surface area (Å²) in [6.45, 7) is 18.2. The van der Waals surface area contributed by atoms with E-state index in [0.29, 0.717) is 18.8 Å². The molecule has 0 aliphatic carbocycles. The van der Waals surface area contributed by atoms with E-state index in [1.165, 1.54) is 0 Å². The molecule has 192 valence electrons. The van der Waals surface area contributed by atoms with E-state index in [1.54, 1.807) is 18.2 Å². The maximum atomic E-state index is 14.8. The molecule has 2 aromatic rings. The second kappa shape index (κ2) is 11.6. The molecule has 2 rings (SSSR count). The lowest BCUT2D eigenvalue weighted by Gasteiger charge is -2.27. The van der Waals surface area contributed by atoms with Crippen LogP contribution in [0.1, 0.15) is 85.4 Å². The summed E-state index contributed by atoms with van der Waals surface area (Å²) in [6, 6.07) is 8.85. The van der Waals surface area contributed by atoms with E-state index in [1.807, 2.05) is 53.7 Å². The molecule has 0 bridgehead atoms. The van der Waals surface area contributed by atoms with Crippen LogP contribution in [-0.2, 0) is 4.57 Å². The Balaban J connectivity index is 2.75. The summed E-state index contributed by atoms with van der Waals surface area (Å²) < 4.78 is 26.3. The highest BCUT2D eigenvalue weighted by molar-refractivity contribution is 7.95. The summed E-state index contributed by atoms with van der Waals surface area (Å²) in [6.07, 6.45) is 0.732. The predicted octanol–water partition coefficient (Wildman–Crippen LogP) is 7.83. The minimum atomic E-state index is -4.10. The molecule has 6 heteroatoms. The first-order chi connectivity index (χ1) is 16.2. The van der Waals surface area contributed by atoms with Crippen LogP contribution in [0.5, 0.6) is 11.5 Å². The van der Waals surface area contributed by atoms with Crippen LogP contribution < -0.4 is 9.47 Å². The van der Waals surface area contributed by atoms with Gasteiger partial charge in [-0.3, -0.25) is 9.59 Å². The van der Waals surface area contributed by atoms with E-state index < -0.39 is 18.2 Å². The van der Waals surface area contributed by atoms with Gasteiger partial charge in [-0.1, -0.05) is 51.5 Å². The minimum absolute atomic E-state index is 0.000712. The molecule has 5 nitrogen and oxygen atoms in total. The first-order valence-electron chi connectivity index (χ1n) is 12.4. The number of carbonyl (C=O) groups excluding carboxylic acids is 2. The van der Waals surface area contributed by atoms with Gasteiger partial charge in [-0.05, 0) is 75.6 Å². The lowest BCUT2D eigenvalue weighted by molar-refractivity contribution is 0.103. The Bertz CT molecular complexity index is 1080. The number of rotatable bonds is 11. The standard InChI is InChI=1S/C29H41O5P/c1-10-33-23-13-12-14-24(34-11-2)26(23)28(31)35(32,18-20(4)17-29(7,8)9)27(30)25-21(5)15-19(3)16-22(25)6/h12-16,20H,10-11,17-18H2,1-9H3. The molecule has 0 amide bonds. The van der Waals surface area contributed by atoms with Crippen LogP contribution in [0, 0.1) is 32.1 Å². The summed E-state index contributed by atoms with van der Waals surface area (Å²) >= 11 is 0. The van der Waals surface area contributed by atoms with Gasteiger partial charge in [0.15, 0.2) is 0 Å². The van der Waals surface area contributed by atoms with Gasteiger partial charge in [0.25, 0.3) is 0 Å². The van der Waals surface area contributed by atoms with Crippen LogP contribution in [0.25, 0.3) is 0 Å². The van der Waals surface area contributed by atoms with Crippen LogP contribution in [0.4, 0.5) is 0 Å².